The van der Waals surface area contributed by atoms with E-state index in [-0.39, 0.29) is 5.92 Å². The lowest BCUT2D eigenvalue weighted by Gasteiger charge is -2.15. The van der Waals surface area contributed by atoms with Crippen LogP contribution in [0.15, 0.2) is 48.5 Å². The molecule has 0 saturated heterocycles. The molecule has 32 heavy (non-hydrogen) atoms. The van der Waals surface area contributed by atoms with E-state index in [9.17, 15) is 4.79 Å². The quantitative estimate of drug-likeness (QED) is 0.411. The third-order valence-corrected chi connectivity index (χ3v) is 5.32. The highest BCUT2D eigenvalue weighted by atomic mass is 16.6. The Morgan fingerprint density at radius 2 is 1.28 bits per heavy atom. The topological polar surface area (TPSA) is 92.0 Å². The number of nitrogens with one attached hydrogen (secondary N) is 1. The number of benzene rings is 2. The molecule has 0 unspecified atom stereocenters. The molecule has 0 aromatic heterocycles. The third-order valence-electron chi connectivity index (χ3n) is 5.32. The summed E-state index contributed by atoms with van der Waals surface area (Å²) in [7, 11) is 0. The van der Waals surface area contributed by atoms with Crippen LogP contribution in [-0.4, -0.2) is 65.4 Å². The Labute approximate surface area is 190 Å². The summed E-state index contributed by atoms with van der Waals surface area (Å²) in [5, 5.41) is 2.91. The van der Waals surface area contributed by atoms with Crippen molar-refractivity contribution in [1.29, 1.82) is 0 Å². The smallest absolute Gasteiger partial charge is 0.407 e. The first kappa shape index (κ1) is 24.2. The molecule has 0 spiro atoms. The Hall–Kier alpha value is -2.45. The summed E-state index contributed by atoms with van der Waals surface area (Å²) in [4.78, 5) is 12.1. The highest BCUT2D eigenvalue weighted by Crippen LogP contribution is 2.43. The molecule has 2 aromatic carbocycles. The standard InChI is InChI=1S/C25H34N2O5/c26-11-5-12-29-15-17-31-18-16-30-13-6-14-32-25(28)27-19-24-22-9-3-1-7-20(22)21-8-2-4-10-23(21)24/h1-4,7-10,24H,5-6,11-19,26H2,(H,27,28). The number of hydrogen-bond donors (Lipinski definition) is 2. The summed E-state index contributed by atoms with van der Waals surface area (Å²) in [6, 6.07) is 16.7. The first-order valence-corrected chi connectivity index (χ1v) is 11.3. The van der Waals surface area contributed by atoms with E-state index in [2.05, 4.69) is 29.6 Å². The van der Waals surface area contributed by atoms with Gasteiger partial charge in [-0.25, -0.2) is 4.79 Å². The largest absolute Gasteiger partial charge is 0.449 e. The van der Waals surface area contributed by atoms with Crippen molar-refractivity contribution < 1.29 is 23.7 Å². The number of carbonyl (C=O) groups is 1. The Morgan fingerprint density at radius 1 is 0.750 bits per heavy atom. The highest BCUT2D eigenvalue weighted by Gasteiger charge is 2.28. The number of rotatable bonds is 15. The zero-order valence-electron chi connectivity index (χ0n) is 18.6. The van der Waals surface area contributed by atoms with Crippen molar-refractivity contribution in [2.45, 2.75) is 18.8 Å². The minimum absolute atomic E-state index is 0.143. The number of amides is 1. The van der Waals surface area contributed by atoms with E-state index < -0.39 is 6.09 Å². The van der Waals surface area contributed by atoms with Gasteiger partial charge in [0, 0.05) is 32.1 Å². The van der Waals surface area contributed by atoms with Gasteiger partial charge in [-0.05, 0) is 35.2 Å². The fourth-order valence-electron chi connectivity index (χ4n) is 3.77. The van der Waals surface area contributed by atoms with Gasteiger partial charge in [0.05, 0.1) is 33.0 Å². The van der Waals surface area contributed by atoms with Gasteiger partial charge >= 0.3 is 6.09 Å². The third kappa shape index (κ3) is 7.31. The van der Waals surface area contributed by atoms with Gasteiger partial charge in [-0.15, -0.1) is 0 Å². The Morgan fingerprint density at radius 3 is 1.88 bits per heavy atom. The molecule has 0 heterocycles. The van der Waals surface area contributed by atoms with Crippen LogP contribution in [0.5, 0.6) is 0 Å². The van der Waals surface area contributed by atoms with Crippen molar-refractivity contribution in [2.24, 2.45) is 5.73 Å². The van der Waals surface area contributed by atoms with Crippen molar-refractivity contribution in [2.75, 3.05) is 59.3 Å². The molecule has 174 valence electrons. The van der Waals surface area contributed by atoms with E-state index in [1.165, 1.54) is 22.3 Å². The lowest BCUT2D eigenvalue weighted by molar-refractivity contribution is 0.0117. The Balaban J connectivity index is 1.23. The van der Waals surface area contributed by atoms with Crippen LogP contribution in [0.3, 0.4) is 0 Å². The maximum Gasteiger partial charge on any atom is 0.407 e. The van der Waals surface area contributed by atoms with Crippen molar-refractivity contribution in [3.05, 3.63) is 59.7 Å². The average Bonchev–Trinajstić information content (AvgIpc) is 3.14. The summed E-state index contributed by atoms with van der Waals surface area (Å²) in [6.45, 7) is 4.81. The van der Waals surface area contributed by atoms with Crippen LogP contribution in [-0.2, 0) is 18.9 Å². The summed E-state index contributed by atoms with van der Waals surface area (Å²) in [5.41, 5.74) is 10.4. The van der Waals surface area contributed by atoms with E-state index in [1.807, 2.05) is 24.3 Å². The number of carbonyl (C=O) groups excluding carboxylic acids is 1. The molecule has 0 fully saturated rings. The molecule has 0 aliphatic heterocycles. The predicted octanol–water partition coefficient (Wildman–Crippen LogP) is 3.31. The van der Waals surface area contributed by atoms with Crippen LogP contribution in [0.1, 0.15) is 29.9 Å². The molecule has 1 amide bonds. The van der Waals surface area contributed by atoms with Gasteiger partial charge in [0.2, 0.25) is 0 Å². The summed E-state index contributed by atoms with van der Waals surface area (Å²) in [6.07, 6.45) is 1.11. The molecule has 2 aromatic rings. The zero-order valence-corrected chi connectivity index (χ0v) is 18.6. The van der Waals surface area contributed by atoms with Crippen LogP contribution < -0.4 is 11.1 Å². The SMILES string of the molecule is NCCCOCCOCCOCCCOC(=O)NCC1c2ccccc2-c2ccccc21. The molecule has 1 aliphatic carbocycles. The van der Waals surface area contributed by atoms with Crippen LogP contribution in [0.2, 0.25) is 0 Å². The number of alkyl carbamates (subject to hydrolysis) is 1. The van der Waals surface area contributed by atoms with Crippen LogP contribution in [0.4, 0.5) is 4.79 Å². The lowest BCUT2D eigenvalue weighted by Crippen LogP contribution is -2.29. The van der Waals surface area contributed by atoms with E-state index >= 15 is 0 Å². The maximum absolute atomic E-state index is 12.1. The summed E-state index contributed by atoms with van der Waals surface area (Å²) >= 11 is 0. The molecular weight excluding hydrogens is 408 g/mol. The van der Waals surface area contributed by atoms with E-state index in [1.54, 1.807) is 0 Å². The fourth-order valence-corrected chi connectivity index (χ4v) is 3.77. The molecule has 0 saturated carbocycles. The van der Waals surface area contributed by atoms with Crippen molar-refractivity contribution in [3.63, 3.8) is 0 Å². The molecule has 3 rings (SSSR count). The monoisotopic (exact) mass is 442 g/mol. The molecule has 7 nitrogen and oxygen atoms in total. The van der Waals surface area contributed by atoms with Gasteiger partial charge in [-0.2, -0.15) is 0 Å². The molecular formula is C25H34N2O5. The lowest BCUT2D eigenvalue weighted by atomic mass is 9.97. The van der Waals surface area contributed by atoms with E-state index in [0.717, 1.165) is 6.42 Å². The van der Waals surface area contributed by atoms with Gasteiger partial charge in [0.25, 0.3) is 0 Å². The van der Waals surface area contributed by atoms with Crippen molar-refractivity contribution in [3.8, 4) is 11.1 Å². The van der Waals surface area contributed by atoms with Crippen molar-refractivity contribution >= 4 is 6.09 Å². The second kappa shape index (κ2) is 13.9. The molecule has 3 N–H and O–H groups in total. The zero-order chi connectivity index (χ0) is 22.4. The van der Waals surface area contributed by atoms with Crippen LogP contribution in [0.25, 0.3) is 11.1 Å². The van der Waals surface area contributed by atoms with Gasteiger partial charge in [-0.1, -0.05) is 48.5 Å². The van der Waals surface area contributed by atoms with Crippen molar-refractivity contribution in [1.82, 2.24) is 5.32 Å². The number of hydrogen-bond acceptors (Lipinski definition) is 6. The Bertz CT molecular complexity index is 784. The molecule has 0 bridgehead atoms. The summed E-state index contributed by atoms with van der Waals surface area (Å²) in [5.74, 6) is 0.143. The average molecular weight is 443 g/mol. The van der Waals surface area contributed by atoms with E-state index in [4.69, 9.17) is 24.7 Å². The van der Waals surface area contributed by atoms with Gasteiger partial charge in [0.1, 0.15) is 0 Å². The summed E-state index contributed by atoms with van der Waals surface area (Å²) < 4.78 is 21.5. The fraction of sp³-hybridized carbons (Fsp3) is 0.480. The highest BCUT2D eigenvalue weighted by molar-refractivity contribution is 5.79. The van der Waals surface area contributed by atoms with Crippen LogP contribution in [0, 0.1) is 0 Å². The molecule has 0 radical (unpaired) electrons. The number of ether oxygens (including phenoxy) is 4. The Kier molecular flexibility index (Phi) is 10.5. The van der Waals surface area contributed by atoms with Gasteiger partial charge in [0.15, 0.2) is 0 Å². The maximum atomic E-state index is 12.1. The van der Waals surface area contributed by atoms with Gasteiger partial charge < -0.3 is 30.0 Å². The minimum Gasteiger partial charge on any atom is -0.449 e. The predicted molar refractivity (Wildman–Crippen MR) is 124 cm³/mol. The molecule has 1 aliphatic rings. The minimum atomic E-state index is -0.398. The second-order valence-electron chi connectivity index (χ2n) is 7.58. The van der Waals surface area contributed by atoms with E-state index in [0.29, 0.717) is 65.8 Å². The second-order valence-corrected chi connectivity index (χ2v) is 7.58. The first-order chi connectivity index (χ1) is 15.8. The molecule has 0 atom stereocenters. The number of fused-ring (bicyclic) bond motifs is 3. The number of nitrogens with two attached hydrogens (primary N) is 1. The first-order valence-electron chi connectivity index (χ1n) is 11.3. The normalized spacial score (nSPS) is 12.4. The van der Waals surface area contributed by atoms with Crippen LogP contribution >= 0.6 is 0 Å². The molecule has 7 heteroatoms. The van der Waals surface area contributed by atoms with Gasteiger partial charge in [-0.3, -0.25) is 0 Å².